The standard InChI is InChI=1S/C12H12ClN3O/c13-5-9-1-3-10(4-2-9)12(17)15-7-11-6-14-8-16-11/h1-4,6,8H,5,7H2,(H,14,16)(H,15,17). The molecule has 0 saturated carbocycles. The molecule has 1 amide bonds. The van der Waals surface area contributed by atoms with Crippen LogP contribution in [0.25, 0.3) is 0 Å². The predicted octanol–water partition coefficient (Wildman–Crippen LogP) is 2.08. The molecule has 0 aliphatic heterocycles. The molecular weight excluding hydrogens is 238 g/mol. The summed E-state index contributed by atoms with van der Waals surface area (Å²) in [4.78, 5) is 18.6. The van der Waals surface area contributed by atoms with Crippen molar-refractivity contribution in [1.29, 1.82) is 0 Å². The highest BCUT2D eigenvalue weighted by Crippen LogP contribution is 2.06. The van der Waals surface area contributed by atoms with Crippen LogP contribution in [0, 0.1) is 0 Å². The average molecular weight is 250 g/mol. The highest BCUT2D eigenvalue weighted by atomic mass is 35.5. The van der Waals surface area contributed by atoms with Crippen molar-refractivity contribution in [3.8, 4) is 0 Å². The summed E-state index contributed by atoms with van der Waals surface area (Å²) in [6.07, 6.45) is 3.26. The second-order valence-electron chi connectivity index (χ2n) is 3.59. The van der Waals surface area contributed by atoms with Gasteiger partial charge in [0.1, 0.15) is 0 Å². The predicted molar refractivity (Wildman–Crippen MR) is 65.8 cm³/mol. The summed E-state index contributed by atoms with van der Waals surface area (Å²) >= 11 is 5.68. The van der Waals surface area contributed by atoms with Crippen LogP contribution in [0.15, 0.2) is 36.8 Å². The third-order valence-corrected chi connectivity index (χ3v) is 2.67. The molecule has 1 heterocycles. The van der Waals surface area contributed by atoms with E-state index in [2.05, 4.69) is 15.3 Å². The van der Waals surface area contributed by atoms with E-state index in [1.54, 1.807) is 24.7 Å². The van der Waals surface area contributed by atoms with E-state index in [0.29, 0.717) is 18.0 Å². The van der Waals surface area contributed by atoms with E-state index in [0.717, 1.165) is 11.3 Å². The van der Waals surface area contributed by atoms with E-state index in [-0.39, 0.29) is 5.91 Å². The Labute approximate surface area is 104 Å². The number of carbonyl (C=O) groups excluding carboxylic acids is 1. The highest BCUT2D eigenvalue weighted by molar-refractivity contribution is 6.17. The van der Waals surface area contributed by atoms with Gasteiger partial charge in [0.25, 0.3) is 5.91 Å². The summed E-state index contributed by atoms with van der Waals surface area (Å²) in [5.41, 5.74) is 2.49. The summed E-state index contributed by atoms with van der Waals surface area (Å²) < 4.78 is 0. The largest absolute Gasteiger partial charge is 0.347 e. The van der Waals surface area contributed by atoms with Crippen molar-refractivity contribution in [2.75, 3.05) is 0 Å². The maximum absolute atomic E-state index is 11.8. The number of aromatic amines is 1. The first-order valence-electron chi connectivity index (χ1n) is 5.20. The fourth-order valence-electron chi connectivity index (χ4n) is 1.40. The molecule has 0 unspecified atom stereocenters. The smallest absolute Gasteiger partial charge is 0.251 e. The van der Waals surface area contributed by atoms with Gasteiger partial charge in [0, 0.05) is 17.6 Å². The molecule has 2 rings (SSSR count). The van der Waals surface area contributed by atoms with Gasteiger partial charge >= 0.3 is 0 Å². The van der Waals surface area contributed by atoms with Crippen molar-refractivity contribution in [1.82, 2.24) is 15.3 Å². The first kappa shape index (κ1) is 11.7. The van der Waals surface area contributed by atoms with Gasteiger partial charge in [-0.25, -0.2) is 4.98 Å². The van der Waals surface area contributed by atoms with E-state index >= 15 is 0 Å². The summed E-state index contributed by atoms with van der Waals surface area (Å²) in [6.45, 7) is 0.441. The molecule has 0 radical (unpaired) electrons. The minimum atomic E-state index is -0.110. The van der Waals surface area contributed by atoms with Crippen molar-refractivity contribution in [2.24, 2.45) is 0 Å². The average Bonchev–Trinajstić information content (AvgIpc) is 2.89. The highest BCUT2D eigenvalue weighted by Gasteiger charge is 2.05. The minimum absolute atomic E-state index is 0.110. The van der Waals surface area contributed by atoms with Crippen LogP contribution in [0.5, 0.6) is 0 Å². The monoisotopic (exact) mass is 249 g/mol. The molecule has 88 valence electrons. The number of amides is 1. The Bertz CT molecular complexity index is 479. The Hall–Kier alpha value is -1.81. The number of H-pyrrole nitrogens is 1. The fraction of sp³-hybridized carbons (Fsp3) is 0.167. The van der Waals surface area contributed by atoms with Gasteiger partial charge in [0.05, 0.1) is 18.6 Å². The van der Waals surface area contributed by atoms with Crippen LogP contribution >= 0.6 is 11.6 Å². The first-order chi connectivity index (χ1) is 8.29. The molecule has 2 aromatic rings. The lowest BCUT2D eigenvalue weighted by Crippen LogP contribution is -2.22. The molecular formula is C12H12ClN3O. The van der Waals surface area contributed by atoms with Crippen LogP contribution in [0.4, 0.5) is 0 Å². The zero-order valence-corrected chi connectivity index (χ0v) is 9.87. The second kappa shape index (κ2) is 5.50. The number of hydrogen-bond donors (Lipinski definition) is 2. The first-order valence-corrected chi connectivity index (χ1v) is 5.73. The van der Waals surface area contributed by atoms with Crippen molar-refractivity contribution in [3.63, 3.8) is 0 Å². The normalized spacial score (nSPS) is 10.2. The molecule has 17 heavy (non-hydrogen) atoms. The van der Waals surface area contributed by atoms with Gasteiger partial charge in [-0.1, -0.05) is 12.1 Å². The quantitative estimate of drug-likeness (QED) is 0.815. The Balaban J connectivity index is 1.95. The molecule has 0 saturated heterocycles. The Morgan fingerprint density at radius 2 is 2.12 bits per heavy atom. The number of nitrogens with one attached hydrogen (secondary N) is 2. The Kier molecular flexibility index (Phi) is 3.77. The number of rotatable bonds is 4. The second-order valence-corrected chi connectivity index (χ2v) is 3.86. The van der Waals surface area contributed by atoms with Gasteiger partial charge in [-0.15, -0.1) is 11.6 Å². The van der Waals surface area contributed by atoms with E-state index < -0.39 is 0 Å². The fourth-order valence-corrected chi connectivity index (χ4v) is 1.58. The maximum atomic E-state index is 11.8. The molecule has 1 aromatic carbocycles. The van der Waals surface area contributed by atoms with Gasteiger partial charge in [-0.3, -0.25) is 4.79 Å². The van der Waals surface area contributed by atoms with Gasteiger partial charge in [0.2, 0.25) is 0 Å². The third kappa shape index (κ3) is 3.07. The van der Waals surface area contributed by atoms with Gasteiger partial charge in [-0.2, -0.15) is 0 Å². The summed E-state index contributed by atoms with van der Waals surface area (Å²) in [5.74, 6) is 0.344. The molecule has 0 aliphatic carbocycles. The number of aromatic nitrogens is 2. The number of nitrogens with zero attached hydrogens (tertiary/aromatic N) is 1. The van der Waals surface area contributed by atoms with Crippen LogP contribution in [-0.4, -0.2) is 15.9 Å². The van der Waals surface area contributed by atoms with E-state index in [4.69, 9.17) is 11.6 Å². The minimum Gasteiger partial charge on any atom is -0.347 e. The van der Waals surface area contributed by atoms with Crippen LogP contribution in [-0.2, 0) is 12.4 Å². The zero-order valence-electron chi connectivity index (χ0n) is 9.11. The number of hydrogen-bond acceptors (Lipinski definition) is 2. The van der Waals surface area contributed by atoms with Crippen LogP contribution in [0.2, 0.25) is 0 Å². The van der Waals surface area contributed by atoms with Gasteiger partial charge in [-0.05, 0) is 17.7 Å². The SMILES string of the molecule is O=C(NCc1cnc[nH]1)c1ccc(CCl)cc1. The van der Waals surface area contributed by atoms with E-state index in [9.17, 15) is 4.79 Å². The molecule has 5 heteroatoms. The summed E-state index contributed by atoms with van der Waals surface area (Å²) in [6, 6.07) is 7.22. The van der Waals surface area contributed by atoms with Crippen LogP contribution < -0.4 is 5.32 Å². The number of imidazole rings is 1. The van der Waals surface area contributed by atoms with Crippen LogP contribution in [0.3, 0.4) is 0 Å². The van der Waals surface area contributed by atoms with Gasteiger partial charge in [0.15, 0.2) is 0 Å². The van der Waals surface area contributed by atoms with Crippen molar-refractivity contribution in [3.05, 3.63) is 53.6 Å². The van der Waals surface area contributed by atoms with Gasteiger partial charge < -0.3 is 10.3 Å². The lowest BCUT2D eigenvalue weighted by atomic mass is 10.1. The number of benzene rings is 1. The molecule has 2 N–H and O–H groups in total. The summed E-state index contributed by atoms with van der Waals surface area (Å²) in [5, 5.41) is 2.80. The Morgan fingerprint density at radius 3 is 2.71 bits per heavy atom. The molecule has 1 aromatic heterocycles. The van der Waals surface area contributed by atoms with E-state index in [1.165, 1.54) is 0 Å². The molecule has 4 nitrogen and oxygen atoms in total. The Morgan fingerprint density at radius 1 is 1.35 bits per heavy atom. The van der Waals surface area contributed by atoms with Crippen molar-refractivity contribution in [2.45, 2.75) is 12.4 Å². The molecule has 0 atom stereocenters. The molecule has 0 bridgehead atoms. The van der Waals surface area contributed by atoms with Crippen molar-refractivity contribution >= 4 is 17.5 Å². The lowest BCUT2D eigenvalue weighted by molar-refractivity contribution is 0.0950. The molecule has 0 fully saturated rings. The number of carbonyl (C=O) groups is 1. The number of alkyl halides is 1. The molecule has 0 aliphatic rings. The molecule has 0 spiro atoms. The lowest BCUT2D eigenvalue weighted by Gasteiger charge is -2.04. The topological polar surface area (TPSA) is 57.8 Å². The zero-order chi connectivity index (χ0) is 12.1. The van der Waals surface area contributed by atoms with Crippen LogP contribution in [0.1, 0.15) is 21.6 Å². The maximum Gasteiger partial charge on any atom is 0.251 e. The summed E-state index contributed by atoms with van der Waals surface area (Å²) in [7, 11) is 0. The van der Waals surface area contributed by atoms with E-state index in [1.807, 2.05) is 12.1 Å². The van der Waals surface area contributed by atoms with Crippen molar-refractivity contribution < 1.29 is 4.79 Å². The number of halogens is 1. The third-order valence-electron chi connectivity index (χ3n) is 2.36.